The Hall–Kier alpha value is -0.800. The van der Waals surface area contributed by atoms with Crippen LogP contribution in [0.4, 0.5) is 0 Å². The van der Waals surface area contributed by atoms with Crippen molar-refractivity contribution in [2.45, 2.75) is 65.2 Å². The number of aryl methyl sites for hydroxylation is 1. The van der Waals surface area contributed by atoms with Crippen molar-refractivity contribution in [3.63, 3.8) is 0 Å². The van der Waals surface area contributed by atoms with Crippen LogP contribution in [0, 0.1) is 12.8 Å². The quantitative estimate of drug-likeness (QED) is 0.884. The molecule has 1 saturated heterocycles. The smallest absolute Gasteiger partial charge is 0.120 e. The van der Waals surface area contributed by atoms with E-state index < -0.39 is 0 Å². The van der Waals surface area contributed by atoms with Crippen molar-refractivity contribution >= 4 is 0 Å². The van der Waals surface area contributed by atoms with E-state index in [2.05, 4.69) is 37.1 Å². The molecule has 2 aliphatic rings. The molecule has 2 fully saturated rings. The molecule has 0 amide bonds. The van der Waals surface area contributed by atoms with E-state index in [0.29, 0.717) is 6.04 Å². The van der Waals surface area contributed by atoms with Gasteiger partial charge in [0.1, 0.15) is 11.5 Å². The first-order valence-corrected chi connectivity index (χ1v) is 7.67. The van der Waals surface area contributed by atoms with Gasteiger partial charge in [-0.2, -0.15) is 0 Å². The molecule has 3 heteroatoms. The van der Waals surface area contributed by atoms with E-state index >= 15 is 0 Å². The number of likely N-dealkylation sites (tertiary alicyclic amines) is 1. The van der Waals surface area contributed by atoms with Gasteiger partial charge in [0.15, 0.2) is 0 Å². The summed E-state index contributed by atoms with van der Waals surface area (Å²) < 4.78 is 6.03. The summed E-state index contributed by atoms with van der Waals surface area (Å²) in [5, 5.41) is 3.53. The third kappa shape index (κ3) is 3.21. The predicted octanol–water partition coefficient (Wildman–Crippen LogP) is 3.07. The Bertz CT molecular complexity index is 436. The molecule has 19 heavy (non-hydrogen) atoms. The largest absolute Gasteiger partial charge is 0.463 e. The summed E-state index contributed by atoms with van der Waals surface area (Å²) >= 11 is 0. The Morgan fingerprint density at radius 2 is 2.16 bits per heavy atom. The summed E-state index contributed by atoms with van der Waals surface area (Å²) in [5.74, 6) is 3.08. The van der Waals surface area contributed by atoms with E-state index in [-0.39, 0.29) is 0 Å². The molecule has 2 heterocycles. The van der Waals surface area contributed by atoms with Gasteiger partial charge in [0.05, 0.1) is 13.1 Å². The maximum Gasteiger partial charge on any atom is 0.120 e. The highest BCUT2D eigenvalue weighted by atomic mass is 16.3. The molecule has 0 bridgehead atoms. The summed E-state index contributed by atoms with van der Waals surface area (Å²) in [7, 11) is 0. The number of nitrogens with zero attached hydrogens (tertiary/aromatic N) is 1. The second-order valence-corrected chi connectivity index (χ2v) is 6.59. The van der Waals surface area contributed by atoms with Gasteiger partial charge in [-0.1, -0.05) is 6.92 Å². The van der Waals surface area contributed by atoms with Crippen LogP contribution in [0.25, 0.3) is 0 Å². The number of hydrogen-bond donors (Lipinski definition) is 1. The molecule has 1 aromatic heterocycles. The topological polar surface area (TPSA) is 28.4 Å². The fourth-order valence-corrected chi connectivity index (χ4v) is 3.17. The van der Waals surface area contributed by atoms with E-state index in [1.807, 2.05) is 0 Å². The first-order valence-electron chi connectivity index (χ1n) is 7.67. The minimum atomic E-state index is 0.688. The van der Waals surface area contributed by atoms with Crippen molar-refractivity contribution in [3.8, 4) is 0 Å². The Balaban J connectivity index is 1.59. The van der Waals surface area contributed by atoms with Crippen molar-refractivity contribution in [3.05, 3.63) is 23.2 Å². The summed E-state index contributed by atoms with van der Waals surface area (Å²) in [6.45, 7) is 9.89. The van der Waals surface area contributed by atoms with Crippen LogP contribution in [-0.4, -0.2) is 23.5 Å². The van der Waals surface area contributed by atoms with E-state index in [1.165, 1.54) is 31.4 Å². The average Bonchev–Trinajstić information content (AvgIpc) is 3.03. The van der Waals surface area contributed by atoms with Gasteiger partial charge >= 0.3 is 0 Å². The van der Waals surface area contributed by atoms with Crippen LogP contribution in [0.5, 0.6) is 0 Å². The van der Waals surface area contributed by atoms with Gasteiger partial charge in [-0.05, 0) is 50.7 Å². The highest BCUT2D eigenvalue weighted by Crippen LogP contribution is 2.26. The summed E-state index contributed by atoms with van der Waals surface area (Å²) in [5.41, 5.74) is 1.29. The Kier molecular flexibility index (Phi) is 3.68. The van der Waals surface area contributed by atoms with Gasteiger partial charge in [0.2, 0.25) is 0 Å². The van der Waals surface area contributed by atoms with E-state index in [0.717, 1.165) is 36.6 Å². The third-order valence-electron chi connectivity index (χ3n) is 4.47. The fourth-order valence-electron chi connectivity index (χ4n) is 3.17. The molecule has 3 rings (SSSR count). The van der Waals surface area contributed by atoms with E-state index in [4.69, 9.17) is 4.42 Å². The molecule has 2 unspecified atom stereocenters. The molecular weight excluding hydrogens is 236 g/mol. The summed E-state index contributed by atoms with van der Waals surface area (Å²) in [4.78, 5) is 2.54. The van der Waals surface area contributed by atoms with Crippen molar-refractivity contribution < 1.29 is 4.42 Å². The van der Waals surface area contributed by atoms with Crippen LogP contribution in [0.15, 0.2) is 10.5 Å². The molecule has 3 nitrogen and oxygen atoms in total. The summed E-state index contributed by atoms with van der Waals surface area (Å²) in [6.07, 6.45) is 3.97. The maximum atomic E-state index is 6.03. The fraction of sp³-hybridized carbons (Fsp3) is 0.750. The maximum absolute atomic E-state index is 6.03. The van der Waals surface area contributed by atoms with Crippen molar-refractivity contribution in [2.75, 3.05) is 6.54 Å². The van der Waals surface area contributed by atoms with Crippen LogP contribution >= 0.6 is 0 Å². The average molecular weight is 262 g/mol. The normalized spacial score (nSPS) is 28.2. The molecule has 2 atom stereocenters. The van der Waals surface area contributed by atoms with Crippen LogP contribution in [0.1, 0.15) is 50.2 Å². The first-order chi connectivity index (χ1) is 9.11. The minimum absolute atomic E-state index is 0.688. The number of furan rings is 1. The molecule has 1 aliphatic carbocycles. The lowest BCUT2D eigenvalue weighted by atomic mass is 10.1. The first kappa shape index (κ1) is 13.2. The Labute approximate surface area is 116 Å². The second kappa shape index (κ2) is 5.29. The molecule has 1 aromatic rings. The van der Waals surface area contributed by atoms with Crippen LogP contribution < -0.4 is 5.32 Å². The SMILES string of the molecule is Cc1cc(CN2CC(C)CC2C)oc1CNC1CC1. The minimum Gasteiger partial charge on any atom is -0.463 e. The molecule has 106 valence electrons. The zero-order valence-corrected chi connectivity index (χ0v) is 12.4. The van der Waals surface area contributed by atoms with E-state index in [1.54, 1.807) is 0 Å². The molecular formula is C16H26N2O. The van der Waals surface area contributed by atoms with Crippen LogP contribution in [-0.2, 0) is 13.1 Å². The Morgan fingerprint density at radius 3 is 2.79 bits per heavy atom. The summed E-state index contributed by atoms with van der Waals surface area (Å²) in [6, 6.07) is 3.65. The zero-order valence-electron chi connectivity index (χ0n) is 12.4. The zero-order chi connectivity index (χ0) is 13.4. The third-order valence-corrected chi connectivity index (χ3v) is 4.47. The number of hydrogen-bond acceptors (Lipinski definition) is 3. The lowest BCUT2D eigenvalue weighted by molar-refractivity contribution is 0.232. The van der Waals surface area contributed by atoms with Gasteiger partial charge in [0, 0.05) is 18.6 Å². The molecule has 0 spiro atoms. The lowest BCUT2D eigenvalue weighted by Gasteiger charge is -2.19. The lowest BCUT2D eigenvalue weighted by Crippen LogP contribution is -2.26. The second-order valence-electron chi connectivity index (χ2n) is 6.59. The van der Waals surface area contributed by atoms with Gasteiger partial charge in [0.25, 0.3) is 0 Å². The molecule has 1 saturated carbocycles. The van der Waals surface area contributed by atoms with Gasteiger partial charge in [-0.25, -0.2) is 0 Å². The molecule has 0 aromatic carbocycles. The van der Waals surface area contributed by atoms with Crippen molar-refractivity contribution in [1.82, 2.24) is 10.2 Å². The standard InChI is InChI=1S/C16H26N2O/c1-11-6-13(3)18(9-11)10-15-7-12(2)16(19-15)8-17-14-4-5-14/h7,11,13-14,17H,4-6,8-10H2,1-3H3. The van der Waals surface area contributed by atoms with Crippen LogP contribution in [0.3, 0.4) is 0 Å². The van der Waals surface area contributed by atoms with Gasteiger partial charge in [-0.3, -0.25) is 4.90 Å². The Morgan fingerprint density at radius 1 is 1.37 bits per heavy atom. The number of rotatable bonds is 5. The molecule has 0 radical (unpaired) electrons. The van der Waals surface area contributed by atoms with Gasteiger partial charge in [-0.15, -0.1) is 0 Å². The van der Waals surface area contributed by atoms with Crippen molar-refractivity contribution in [2.24, 2.45) is 5.92 Å². The van der Waals surface area contributed by atoms with Crippen molar-refractivity contribution in [1.29, 1.82) is 0 Å². The molecule has 1 N–H and O–H groups in total. The highest BCUT2D eigenvalue weighted by molar-refractivity contribution is 5.20. The van der Waals surface area contributed by atoms with E-state index in [9.17, 15) is 0 Å². The highest BCUT2D eigenvalue weighted by Gasteiger charge is 2.27. The monoisotopic (exact) mass is 262 g/mol. The molecule has 1 aliphatic heterocycles. The number of nitrogens with one attached hydrogen (secondary N) is 1. The predicted molar refractivity (Wildman–Crippen MR) is 77.0 cm³/mol. The van der Waals surface area contributed by atoms with Gasteiger partial charge < -0.3 is 9.73 Å². The van der Waals surface area contributed by atoms with Crippen LogP contribution in [0.2, 0.25) is 0 Å².